The molecule has 1 aromatic rings. The summed E-state index contributed by atoms with van der Waals surface area (Å²) in [6.07, 6.45) is 7.36. The molecule has 2 saturated heterocycles. The van der Waals surface area contributed by atoms with Crippen molar-refractivity contribution in [3.63, 3.8) is 0 Å². The van der Waals surface area contributed by atoms with Gasteiger partial charge in [0.25, 0.3) is 0 Å². The van der Waals surface area contributed by atoms with Gasteiger partial charge in [-0.05, 0) is 51.5 Å². The molecule has 0 unspecified atom stereocenters. The number of ether oxygens (including phenoxy) is 4. The molecule has 1 aromatic carbocycles. The zero-order valence-electron chi connectivity index (χ0n) is 22.2. The fourth-order valence-electron chi connectivity index (χ4n) is 6.84. The molecule has 0 aromatic heterocycles. The van der Waals surface area contributed by atoms with Crippen LogP contribution in [0.1, 0.15) is 83.3 Å². The highest BCUT2D eigenvalue weighted by Crippen LogP contribution is 2.55. The zero-order valence-corrected chi connectivity index (χ0v) is 22.2. The van der Waals surface area contributed by atoms with Gasteiger partial charge in [-0.1, -0.05) is 31.4 Å². The molecule has 0 bridgehead atoms. The number of carbonyl (C=O) groups is 2. The van der Waals surface area contributed by atoms with Crippen molar-refractivity contribution >= 4 is 11.9 Å². The number of carboxylic acid groups (broad SMARTS) is 1. The van der Waals surface area contributed by atoms with E-state index in [0.717, 1.165) is 18.4 Å². The summed E-state index contributed by atoms with van der Waals surface area (Å²) in [7, 11) is 0. The maximum Gasteiger partial charge on any atom is 0.303 e. The molecule has 4 aliphatic rings. The highest BCUT2D eigenvalue weighted by atomic mass is 16.6. The largest absolute Gasteiger partial charge is 0.490 e. The third-order valence-corrected chi connectivity index (χ3v) is 8.84. The Hall–Kier alpha value is -2.32. The van der Waals surface area contributed by atoms with Crippen molar-refractivity contribution in [2.45, 2.75) is 88.9 Å². The first kappa shape index (κ1) is 26.3. The second-order valence-electron chi connectivity index (χ2n) is 11.5. The second-order valence-corrected chi connectivity index (χ2v) is 11.5. The van der Waals surface area contributed by atoms with Gasteiger partial charge in [0.15, 0.2) is 11.5 Å². The van der Waals surface area contributed by atoms with Crippen LogP contribution in [0.4, 0.5) is 0 Å². The van der Waals surface area contributed by atoms with E-state index in [2.05, 4.69) is 0 Å². The maximum absolute atomic E-state index is 13.3. The highest BCUT2D eigenvalue weighted by Gasteiger charge is 2.56. The van der Waals surface area contributed by atoms with Crippen molar-refractivity contribution in [1.29, 1.82) is 0 Å². The first-order chi connectivity index (χ1) is 17.8. The molecule has 1 aliphatic carbocycles. The van der Waals surface area contributed by atoms with Crippen LogP contribution in [0, 0.1) is 11.8 Å². The predicted molar refractivity (Wildman–Crippen MR) is 137 cm³/mol. The summed E-state index contributed by atoms with van der Waals surface area (Å²) in [6, 6.07) is 5.83. The number of aliphatic carboxylic acids is 1. The summed E-state index contributed by atoms with van der Waals surface area (Å²) < 4.78 is 25.4. The molecule has 8 nitrogen and oxygen atoms in total. The van der Waals surface area contributed by atoms with Crippen molar-refractivity contribution in [3.05, 3.63) is 23.8 Å². The zero-order chi connectivity index (χ0) is 26.0. The third-order valence-electron chi connectivity index (χ3n) is 8.84. The number of morpholine rings is 1. The van der Waals surface area contributed by atoms with Gasteiger partial charge in [-0.2, -0.15) is 0 Å². The standard InChI is InChI=1S/C29H41NO7/c1-3-34-23-11-7-10-21-26-22(28(2,37-27(21)23)13-12-25(32)33)17-29(19-35-26)18-30(14-15-36-29)24(31)16-20-8-5-4-6-9-20/h7,10-11,20,22,26H,3-6,8-9,12-19H2,1-2H3,(H,32,33)/t22-,26+,28+,29+/m0/s1. The Morgan fingerprint density at radius 1 is 1.22 bits per heavy atom. The van der Waals surface area contributed by atoms with Crippen LogP contribution < -0.4 is 9.47 Å². The molecule has 8 heteroatoms. The van der Waals surface area contributed by atoms with Gasteiger partial charge in [-0.25, -0.2) is 0 Å². The first-order valence-corrected chi connectivity index (χ1v) is 14.0. The normalized spacial score (nSPS) is 31.8. The summed E-state index contributed by atoms with van der Waals surface area (Å²) >= 11 is 0. The predicted octanol–water partition coefficient (Wildman–Crippen LogP) is 4.75. The minimum Gasteiger partial charge on any atom is -0.490 e. The third kappa shape index (κ3) is 5.46. The fraction of sp³-hybridized carbons (Fsp3) is 0.724. The average Bonchev–Trinajstić information content (AvgIpc) is 2.89. The number of carboxylic acids is 1. The average molecular weight is 516 g/mol. The first-order valence-electron chi connectivity index (χ1n) is 14.0. The fourth-order valence-corrected chi connectivity index (χ4v) is 6.84. The van der Waals surface area contributed by atoms with Crippen molar-refractivity contribution in [1.82, 2.24) is 4.90 Å². The van der Waals surface area contributed by atoms with Gasteiger partial charge < -0.3 is 29.0 Å². The van der Waals surface area contributed by atoms with Crippen LogP contribution in [-0.2, 0) is 19.1 Å². The summed E-state index contributed by atoms with van der Waals surface area (Å²) in [5, 5.41) is 9.48. The van der Waals surface area contributed by atoms with Gasteiger partial charge in [-0.15, -0.1) is 0 Å². The monoisotopic (exact) mass is 515 g/mol. The molecule has 1 spiro atoms. The lowest BCUT2D eigenvalue weighted by molar-refractivity contribution is -0.233. The maximum atomic E-state index is 13.3. The van der Waals surface area contributed by atoms with E-state index in [9.17, 15) is 14.7 Å². The van der Waals surface area contributed by atoms with E-state index in [1.54, 1.807) is 0 Å². The molecule has 3 heterocycles. The molecule has 37 heavy (non-hydrogen) atoms. The van der Waals surface area contributed by atoms with Gasteiger partial charge >= 0.3 is 5.97 Å². The lowest BCUT2D eigenvalue weighted by atomic mass is 9.69. The van der Waals surface area contributed by atoms with Gasteiger partial charge in [0.1, 0.15) is 11.2 Å². The van der Waals surface area contributed by atoms with Crippen molar-refractivity contribution in [2.75, 3.05) is 32.9 Å². The SMILES string of the molecule is CCOc1cccc2c1O[C@](C)(CCC(=O)O)[C@H]1C[C@]3(CO[C@H]21)CN(C(=O)CC1CCCCC1)CCO3. The molecular weight excluding hydrogens is 474 g/mol. The Morgan fingerprint density at radius 2 is 2.03 bits per heavy atom. The van der Waals surface area contributed by atoms with E-state index in [-0.39, 0.29) is 24.3 Å². The summed E-state index contributed by atoms with van der Waals surface area (Å²) in [5.41, 5.74) is -0.474. The van der Waals surface area contributed by atoms with Crippen LogP contribution in [0.3, 0.4) is 0 Å². The smallest absolute Gasteiger partial charge is 0.303 e. The van der Waals surface area contributed by atoms with E-state index in [4.69, 9.17) is 18.9 Å². The topological polar surface area (TPSA) is 94.5 Å². The lowest BCUT2D eigenvalue weighted by Gasteiger charge is -2.55. The number of hydrogen-bond donors (Lipinski definition) is 1. The van der Waals surface area contributed by atoms with Crippen LogP contribution in [0.2, 0.25) is 0 Å². The lowest BCUT2D eigenvalue weighted by Crippen LogP contribution is -2.62. The van der Waals surface area contributed by atoms with Crippen LogP contribution in [0.25, 0.3) is 0 Å². The number of amides is 1. The number of rotatable bonds is 7. The molecule has 3 fully saturated rings. The number of hydrogen-bond acceptors (Lipinski definition) is 6. The summed E-state index contributed by atoms with van der Waals surface area (Å²) in [5.74, 6) is 1.02. The van der Waals surface area contributed by atoms with Gasteiger partial charge in [-0.3, -0.25) is 9.59 Å². The molecule has 3 aliphatic heterocycles. The van der Waals surface area contributed by atoms with Crippen molar-refractivity contribution in [3.8, 4) is 11.5 Å². The Morgan fingerprint density at radius 3 is 2.78 bits per heavy atom. The Bertz CT molecular complexity index is 992. The molecule has 1 amide bonds. The van der Waals surface area contributed by atoms with E-state index in [1.165, 1.54) is 19.3 Å². The quantitative estimate of drug-likeness (QED) is 0.560. The molecule has 1 saturated carbocycles. The Kier molecular flexibility index (Phi) is 7.68. The summed E-state index contributed by atoms with van der Waals surface area (Å²) in [6.45, 7) is 6.39. The van der Waals surface area contributed by atoms with Crippen LogP contribution in [-0.4, -0.2) is 66.0 Å². The molecule has 4 atom stereocenters. The highest BCUT2D eigenvalue weighted by molar-refractivity contribution is 5.76. The second kappa shape index (κ2) is 10.8. The van der Waals surface area contributed by atoms with E-state index in [0.29, 0.717) is 69.6 Å². The Labute approximate surface area is 219 Å². The Balaban J connectivity index is 1.38. The van der Waals surface area contributed by atoms with Gasteiger partial charge in [0, 0.05) is 30.9 Å². The van der Waals surface area contributed by atoms with E-state index >= 15 is 0 Å². The molecule has 0 radical (unpaired) electrons. The number of benzene rings is 1. The molecular formula is C29H41NO7. The number of carbonyl (C=O) groups excluding carboxylic acids is 1. The van der Waals surface area contributed by atoms with Gasteiger partial charge in [0.2, 0.25) is 5.91 Å². The number of para-hydroxylation sites is 1. The molecule has 5 rings (SSSR count). The molecule has 1 N–H and O–H groups in total. The number of nitrogens with zero attached hydrogens (tertiary/aromatic N) is 1. The van der Waals surface area contributed by atoms with Crippen LogP contribution >= 0.6 is 0 Å². The summed E-state index contributed by atoms with van der Waals surface area (Å²) in [4.78, 5) is 26.8. The van der Waals surface area contributed by atoms with Crippen LogP contribution in [0.5, 0.6) is 11.5 Å². The minimum absolute atomic E-state index is 0.00822. The van der Waals surface area contributed by atoms with E-state index in [1.807, 2.05) is 36.9 Å². The van der Waals surface area contributed by atoms with E-state index < -0.39 is 17.2 Å². The molecule has 204 valence electrons. The van der Waals surface area contributed by atoms with Gasteiger partial charge in [0.05, 0.1) is 32.5 Å². The number of fused-ring (bicyclic) bond motifs is 3. The van der Waals surface area contributed by atoms with Crippen molar-refractivity contribution < 1.29 is 33.6 Å². The van der Waals surface area contributed by atoms with Crippen molar-refractivity contribution in [2.24, 2.45) is 11.8 Å². The van der Waals surface area contributed by atoms with Crippen LogP contribution in [0.15, 0.2) is 18.2 Å². The minimum atomic E-state index is -0.856.